The number of benzene rings is 2. The number of hydrogen-bond donors (Lipinski definition) is 4. The first-order valence-corrected chi connectivity index (χ1v) is 8.53. The zero-order chi connectivity index (χ0) is 19.4. The molecular formula is C21H20FN3O2. The van der Waals surface area contributed by atoms with Crippen LogP contribution in [0.3, 0.4) is 0 Å². The van der Waals surface area contributed by atoms with E-state index >= 15 is 0 Å². The largest absolute Gasteiger partial charge is 0.401 e. The maximum absolute atomic E-state index is 14.1. The number of nitrogens with one attached hydrogen (secondary N) is 2. The molecule has 0 heterocycles. The molecule has 5 N–H and O–H groups in total. The Morgan fingerprint density at radius 2 is 1.93 bits per heavy atom. The summed E-state index contributed by atoms with van der Waals surface area (Å²) in [6, 6.07) is 13.4. The molecule has 1 amide bonds. The molecule has 0 radical (unpaired) electrons. The Balaban J connectivity index is 1.99. The highest BCUT2D eigenvalue weighted by Crippen LogP contribution is 2.25. The van der Waals surface area contributed by atoms with Crippen LogP contribution in [0.4, 0.5) is 4.39 Å². The second-order valence-electron chi connectivity index (χ2n) is 6.22. The molecule has 0 unspecified atom stereocenters. The average Bonchev–Trinajstić information content (AvgIpc) is 2.82. The van der Waals surface area contributed by atoms with E-state index in [4.69, 9.17) is 16.2 Å². The Morgan fingerprint density at radius 3 is 2.67 bits per heavy atom. The number of allylic oxidation sites excluding steroid dienone is 3. The zero-order valence-corrected chi connectivity index (χ0v) is 14.6. The molecular weight excluding hydrogens is 345 g/mol. The van der Waals surface area contributed by atoms with E-state index in [9.17, 15) is 9.18 Å². The van der Waals surface area contributed by atoms with Crippen molar-refractivity contribution in [2.45, 2.75) is 6.42 Å². The monoisotopic (exact) mass is 365 g/mol. The SMILES string of the molecule is N=C(C1=C(N)CC(F)=CC(C(=O)NCCO)=C1)c1ccc2ccccc2c1. The maximum Gasteiger partial charge on any atom is 0.251 e. The lowest BCUT2D eigenvalue weighted by atomic mass is 9.96. The summed E-state index contributed by atoms with van der Waals surface area (Å²) in [4.78, 5) is 12.2. The number of hydrogen-bond acceptors (Lipinski definition) is 4. The summed E-state index contributed by atoms with van der Waals surface area (Å²) in [6.07, 6.45) is 2.37. The van der Waals surface area contributed by atoms with E-state index in [1.807, 2.05) is 36.4 Å². The van der Waals surface area contributed by atoms with Crippen LogP contribution in [0.25, 0.3) is 10.8 Å². The second-order valence-corrected chi connectivity index (χ2v) is 6.22. The van der Waals surface area contributed by atoms with Crippen LogP contribution in [0.15, 0.2) is 77.3 Å². The van der Waals surface area contributed by atoms with Gasteiger partial charge < -0.3 is 16.2 Å². The summed E-state index contributed by atoms with van der Waals surface area (Å²) in [5.74, 6) is -1.09. The van der Waals surface area contributed by atoms with Crippen molar-refractivity contribution in [2.24, 2.45) is 5.73 Å². The molecule has 2 aromatic carbocycles. The summed E-state index contributed by atoms with van der Waals surface area (Å²) >= 11 is 0. The lowest BCUT2D eigenvalue weighted by molar-refractivity contribution is -0.117. The van der Waals surface area contributed by atoms with Gasteiger partial charge in [-0.25, -0.2) is 4.39 Å². The molecule has 1 aliphatic carbocycles. The van der Waals surface area contributed by atoms with Gasteiger partial charge in [0.15, 0.2) is 0 Å². The van der Waals surface area contributed by atoms with E-state index in [1.54, 1.807) is 6.07 Å². The van der Waals surface area contributed by atoms with E-state index in [0.29, 0.717) is 11.1 Å². The van der Waals surface area contributed by atoms with E-state index in [0.717, 1.165) is 16.8 Å². The van der Waals surface area contributed by atoms with Crippen LogP contribution in [0.5, 0.6) is 0 Å². The number of aliphatic hydroxyl groups excluding tert-OH is 1. The molecule has 0 saturated heterocycles. The van der Waals surface area contributed by atoms with Gasteiger partial charge in [-0.3, -0.25) is 10.2 Å². The van der Waals surface area contributed by atoms with Crippen molar-refractivity contribution >= 4 is 22.4 Å². The Morgan fingerprint density at radius 1 is 1.19 bits per heavy atom. The third kappa shape index (κ3) is 4.12. The van der Waals surface area contributed by atoms with Gasteiger partial charge in [-0.2, -0.15) is 0 Å². The van der Waals surface area contributed by atoms with Gasteiger partial charge in [-0.05, 0) is 29.0 Å². The van der Waals surface area contributed by atoms with Crippen molar-refractivity contribution in [3.05, 3.63) is 82.9 Å². The van der Waals surface area contributed by atoms with Gasteiger partial charge in [0.2, 0.25) is 0 Å². The van der Waals surface area contributed by atoms with Gasteiger partial charge >= 0.3 is 0 Å². The molecule has 27 heavy (non-hydrogen) atoms. The minimum Gasteiger partial charge on any atom is -0.401 e. The Kier molecular flexibility index (Phi) is 5.47. The topological polar surface area (TPSA) is 99.2 Å². The van der Waals surface area contributed by atoms with Gasteiger partial charge in [0, 0.05) is 35.4 Å². The highest BCUT2D eigenvalue weighted by atomic mass is 19.1. The Bertz CT molecular complexity index is 1010. The predicted octanol–water partition coefficient (Wildman–Crippen LogP) is 2.71. The van der Waals surface area contributed by atoms with Crippen molar-refractivity contribution in [2.75, 3.05) is 13.2 Å². The Hall–Kier alpha value is -3.25. The van der Waals surface area contributed by atoms with Crippen molar-refractivity contribution < 1.29 is 14.3 Å². The highest BCUT2D eigenvalue weighted by molar-refractivity contribution is 6.15. The molecule has 5 nitrogen and oxygen atoms in total. The summed E-state index contributed by atoms with van der Waals surface area (Å²) in [7, 11) is 0. The minimum atomic E-state index is -0.556. The highest BCUT2D eigenvalue weighted by Gasteiger charge is 2.19. The fourth-order valence-electron chi connectivity index (χ4n) is 2.92. The van der Waals surface area contributed by atoms with Crippen LogP contribution in [0.2, 0.25) is 0 Å². The number of halogens is 1. The Labute approximate surface area is 156 Å². The molecule has 0 spiro atoms. The third-order valence-corrected chi connectivity index (χ3v) is 4.28. The molecule has 0 atom stereocenters. The second kappa shape index (κ2) is 7.97. The molecule has 6 heteroatoms. The van der Waals surface area contributed by atoms with Crippen molar-refractivity contribution in [1.82, 2.24) is 5.32 Å². The molecule has 0 fully saturated rings. The fourth-order valence-corrected chi connectivity index (χ4v) is 2.92. The van der Waals surface area contributed by atoms with Crippen molar-refractivity contribution in [3.63, 3.8) is 0 Å². The quantitative estimate of drug-likeness (QED) is 0.613. The minimum absolute atomic E-state index is 0.0574. The van der Waals surface area contributed by atoms with Gasteiger partial charge in [0.1, 0.15) is 5.83 Å². The first-order chi connectivity index (χ1) is 13.0. The fraction of sp³-hybridized carbons (Fsp3) is 0.143. The van der Waals surface area contributed by atoms with E-state index in [1.165, 1.54) is 6.08 Å². The average molecular weight is 365 g/mol. The van der Waals surface area contributed by atoms with Gasteiger partial charge in [-0.1, -0.05) is 36.4 Å². The number of aliphatic hydroxyl groups is 1. The molecule has 0 aliphatic heterocycles. The van der Waals surface area contributed by atoms with Crippen LogP contribution in [0, 0.1) is 5.41 Å². The molecule has 0 saturated carbocycles. The normalized spacial score (nSPS) is 14.4. The zero-order valence-electron chi connectivity index (χ0n) is 14.6. The van der Waals surface area contributed by atoms with Gasteiger partial charge in [0.05, 0.1) is 12.3 Å². The predicted molar refractivity (Wildman–Crippen MR) is 104 cm³/mol. The van der Waals surface area contributed by atoms with E-state index < -0.39 is 11.7 Å². The smallest absolute Gasteiger partial charge is 0.251 e. The van der Waals surface area contributed by atoms with E-state index in [-0.39, 0.29) is 36.6 Å². The first-order valence-electron chi connectivity index (χ1n) is 8.53. The van der Waals surface area contributed by atoms with Crippen molar-refractivity contribution in [1.29, 1.82) is 5.41 Å². The molecule has 0 aromatic heterocycles. The number of carbonyl (C=O) groups excluding carboxylic acids is 1. The summed E-state index contributed by atoms with van der Waals surface area (Å²) in [5, 5.41) is 21.9. The standard InChI is InChI=1S/C21H20FN3O2/c22-17-10-16(21(27)25-7-8-26)11-18(19(23)12-17)20(24)15-6-5-13-3-1-2-4-14(13)9-15/h1-6,9-11,24,26H,7-8,12,23H2,(H,25,27). The van der Waals surface area contributed by atoms with Gasteiger partial charge in [0.25, 0.3) is 5.91 Å². The van der Waals surface area contributed by atoms with Crippen LogP contribution < -0.4 is 11.1 Å². The summed E-state index contributed by atoms with van der Waals surface area (Å²) in [6.45, 7) is -0.161. The molecule has 3 rings (SSSR count). The number of nitrogens with two attached hydrogens (primary N) is 1. The number of carbonyl (C=O) groups is 1. The molecule has 1 aliphatic rings. The number of amides is 1. The first kappa shape index (κ1) is 18.5. The molecule has 138 valence electrons. The maximum atomic E-state index is 14.1. The lowest BCUT2D eigenvalue weighted by Gasteiger charge is -2.11. The number of fused-ring (bicyclic) bond motifs is 1. The van der Waals surface area contributed by atoms with Gasteiger partial charge in [-0.15, -0.1) is 0 Å². The molecule has 0 bridgehead atoms. The third-order valence-electron chi connectivity index (χ3n) is 4.28. The van der Waals surface area contributed by atoms with Crippen LogP contribution in [0.1, 0.15) is 12.0 Å². The lowest BCUT2D eigenvalue weighted by Crippen LogP contribution is -2.27. The van der Waals surface area contributed by atoms with Crippen molar-refractivity contribution in [3.8, 4) is 0 Å². The number of rotatable bonds is 5. The van der Waals surface area contributed by atoms with Crippen LogP contribution >= 0.6 is 0 Å². The van der Waals surface area contributed by atoms with Crippen LogP contribution in [-0.4, -0.2) is 29.9 Å². The molecule has 2 aromatic rings. The summed E-state index contributed by atoms with van der Waals surface area (Å²) in [5.41, 5.74) is 7.32. The van der Waals surface area contributed by atoms with Crippen LogP contribution in [-0.2, 0) is 4.79 Å². The van der Waals surface area contributed by atoms with E-state index in [2.05, 4.69) is 5.32 Å². The summed E-state index contributed by atoms with van der Waals surface area (Å²) < 4.78 is 14.1.